The SMILES string of the molecule is O=C(OCC(=O)N1CCNC1=O)c1ccc(OC[C@@H]2CCCO2)cc1. The molecule has 1 N–H and O–H groups in total. The zero-order valence-corrected chi connectivity index (χ0v) is 13.7. The molecule has 0 aromatic heterocycles. The summed E-state index contributed by atoms with van der Waals surface area (Å²) in [6.45, 7) is 1.48. The Morgan fingerprint density at radius 2 is 2.08 bits per heavy atom. The van der Waals surface area contributed by atoms with E-state index >= 15 is 0 Å². The first-order valence-electron chi connectivity index (χ1n) is 8.23. The van der Waals surface area contributed by atoms with Crippen LogP contribution in [0, 0.1) is 0 Å². The van der Waals surface area contributed by atoms with Crippen LogP contribution in [0.15, 0.2) is 24.3 Å². The highest BCUT2D eigenvalue weighted by Gasteiger charge is 2.26. The minimum absolute atomic E-state index is 0.124. The van der Waals surface area contributed by atoms with Crippen molar-refractivity contribution in [2.24, 2.45) is 0 Å². The molecule has 3 rings (SSSR count). The van der Waals surface area contributed by atoms with Crippen LogP contribution in [-0.2, 0) is 14.3 Å². The molecule has 1 aromatic rings. The molecule has 2 aliphatic rings. The Bertz CT molecular complexity index is 639. The zero-order valence-electron chi connectivity index (χ0n) is 13.7. The Balaban J connectivity index is 1.45. The summed E-state index contributed by atoms with van der Waals surface area (Å²) in [6, 6.07) is 6.01. The molecule has 0 radical (unpaired) electrons. The Labute approximate surface area is 145 Å². The maximum absolute atomic E-state index is 12.0. The fourth-order valence-corrected chi connectivity index (χ4v) is 2.65. The van der Waals surface area contributed by atoms with Crippen molar-refractivity contribution < 1.29 is 28.6 Å². The van der Waals surface area contributed by atoms with Crippen molar-refractivity contribution in [3.05, 3.63) is 29.8 Å². The van der Waals surface area contributed by atoms with Gasteiger partial charge in [-0.3, -0.25) is 9.69 Å². The van der Waals surface area contributed by atoms with Gasteiger partial charge in [0.1, 0.15) is 12.4 Å². The van der Waals surface area contributed by atoms with Crippen LogP contribution in [0.5, 0.6) is 5.75 Å². The number of hydrogen-bond donors (Lipinski definition) is 1. The van der Waals surface area contributed by atoms with Crippen LogP contribution >= 0.6 is 0 Å². The molecule has 1 atom stereocenters. The largest absolute Gasteiger partial charge is 0.491 e. The molecule has 2 saturated heterocycles. The quantitative estimate of drug-likeness (QED) is 0.770. The smallest absolute Gasteiger partial charge is 0.338 e. The first kappa shape index (κ1) is 17.2. The predicted molar refractivity (Wildman–Crippen MR) is 86.3 cm³/mol. The van der Waals surface area contributed by atoms with E-state index in [0.717, 1.165) is 24.3 Å². The number of carbonyl (C=O) groups excluding carboxylic acids is 3. The Hall–Kier alpha value is -2.61. The normalized spacial score (nSPS) is 19.6. The van der Waals surface area contributed by atoms with Crippen LogP contribution in [-0.4, -0.2) is 61.8 Å². The molecular formula is C17H20N2O6. The minimum atomic E-state index is -0.626. The average Bonchev–Trinajstić information content (AvgIpc) is 3.29. The van der Waals surface area contributed by atoms with Crippen molar-refractivity contribution in [3.63, 3.8) is 0 Å². The number of imide groups is 1. The van der Waals surface area contributed by atoms with Crippen LogP contribution in [0.2, 0.25) is 0 Å². The number of urea groups is 1. The van der Waals surface area contributed by atoms with Gasteiger partial charge < -0.3 is 19.5 Å². The van der Waals surface area contributed by atoms with E-state index in [-0.39, 0.29) is 12.6 Å². The highest BCUT2D eigenvalue weighted by molar-refractivity contribution is 5.98. The van der Waals surface area contributed by atoms with Gasteiger partial charge in [0.2, 0.25) is 0 Å². The highest BCUT2D eigenvalue weighted by atomic mass is 16.5. The van der Waals surface area contributed by atoms with E-state index in [9.17, 15) is 14.4 Å². The highest BCUT2D eigenvalue weighted by Crippen LogP contribution is 2.17. The standard InChI is InChI=1S/C17H20N2O6/c20-15(19-8-7-18-17(19)22)11-25-16(21)12-3-5-13(6-4-12)24-10-14-2-1-9-23-14/h3-6,14H,1-2,7-11H2,(H,18,22)/t14-/m0/s1. The third kappa shape index (κ3) is 4.48. The molecular weight excluding hydrogens is 328 g/mol. The molecule has 0 aliphatic carbocycles. The second-order valence-electron chi connectivity index (χ2n) is 5.82. The fraction of sp³-hybridized carbons (Fsp3) is 0.471. The van der Waals surface area contributed by atoms with E-state index in [1.54, 1.807) is 24.3 Å². The van der Waals surface area contributed by atoms with Gasteiger partial charge in [-0.25, -0.2) is 9.59 Å². The van der Waals surface area contributed by atoms with Gasteiger partial charge >= 0.3 is 12.0 Å². The maximum Gasteiger partial charge on any atom is 0.338 e. The van der Waals surface area contributed by atoms with Crippen LogP contribution in [0.4, 0.5) is 4.79 Å². The van der Waals surface area contributed by atoms with Gasteiger partial charge in [-0.2, -0.15) is 0 Å². The Morgan fingerprint density at radius 1 is 1.28 bits per heavy atom. The van der Waals surface area contributed by atoms with E-state index < -0.39 is 24.5 Å². The van der Waals surface area contributed by atoms with Crippen LogP contribution in [0.1, 0.15) is 23.2 Å². The Kier molecular flexibility index (Phi) is 5.49. The molecule has 25 heavy (non-hydrogen) atoms. The van der Waals surface area contributed by atoms with E-state index in [2.05, 4.69) is 5.32 Å². The molecule has 3 amide bonds. The van der Waals surface area contributed by atoms with Crippen molar-refractivity contribution in [1.82, 2.24) is 10.2 Å². The molecule has 0 bridgehead atoms. The summed E-state index contributed by atoms with van der Waals surface area (Å²) >= 11 is 0. The van der Waals surface area contributed by atoms with Crippen LogP contribution in [0.25, 0.3) is 0 Å². The fourth-order valence-electron chi connectivity index (χ4n) is 2.65. The van der Waals surface area contributed by atoms with Gasteiger partial charge in [0.05, 0.1) is 11.7 Å². The number of amides is 3. The second kappa shape index (κ2) is 7.98. The Morgan fingerprint density at radius 3 is 2.72 bits per heavy atom. The van der Waals surface area contributed by atoms with Crippen molar-refractivity contribution in [3.8, 4) is 5.75 Å². The predicted octanol–water partition coefficient (Wildman–Crippen LogP) is 0.953. The summed E-state index contributed by atoms with van der Waals surface area (Å²) in [5, 5.41) is 2.51. The van der Waals surface area contributed by atoms with Crippen molar-refractivity contribution >= 4 is 17.9 Å². The lowest BCUT2D eigenvalue weighted by Crippen LogP contribution is -2.37. The topological polar surface area (TPSA) is 94.2 Å². The summed E-state index contributed by atoms with van der Waals surface area (Å²) in [5.74, 6) is -0.532. The van der Waals surface area contributed by atoms with Gasteiger partial charge in [0, 0.05) is 19.7 Å². The first-order valence-corrected chi connectivity index (χ1v) is 8.23. The van der Waals surface area contributed by atoms with E-state index in [4.69, 9.17) is 14.2 Å². The number of esters is 1. The molecule has 0 spiro atoms. The maximum atomic E-state index is 12.0. The number of carbonyl (C=O) groups is 3. The second-order valence-corrected chi connectivity index (χ2v) is 5.82. The summed E-state index contributed by atoms with van der Waals surface area (Å²) in [6.07, 6.45) is 2.17. The summed E-state index contributed by atoms with van der Waals surface area (Å²) in [5.41, 5.74) is 0.308. The van der Waals surface area contributed by atoms with Gasteiger partial charge in [-0.15, -0.1) is 0 Å². The molecule has 2 aliphatic heterocycles. The van der Waals surface area contributed by atoms with Crippen LogP contribution < -0.4 is 10.1 Å². The van der Waals surface area contributed by atoms with Gasteiger partial charge in [-0.1, -0.05) is 0 Å². The van der Waals surface area contributed by atoms with E-state index in [1.165, 1.54) is 0 Å². The van der Waals surface area contributed by atoms with Gasteiger partial charge in [0.25, 0.3) is 5.91 Å². The average molecular weight is 348 g/mol. The van der Waals surface area contributed by atoms with E-state index in [0.29, 0.717) is 24.5 Å². The monoisotopic (exact) mass is 348 g/mol. The van der Waals surface area contributed by atoms with Crippen molar-refractivity contribution in [1.29, 1.82) is 0 Å². The summed E-state index contributed by atoms with van der Waals surface area (Å²) < 4.78 is 16.1. The number of nitrogens with zero attached hydrogens (tertiary/aromatic N) is 1. The molecule has 1 aromatic carbocycles. The summed E-state index contributed by atoms with van der Waals surface area (Å²) in [4.78, 5) is 36.2. The molecule has 0 saturated carbocycles. The number of benzene rings is 1. The number of ether oxygens (including phenoxy) is 3. The third-order valence-electron chi connectivity index (χ3n) is 4.03. The molecule has 2 heterocycles. The van der Waals surface area contributed by atoms with Crippen LogP contribution in [0.3, 0.4) is 0 Å². The van der Waals surface area contributed by atoms with Gasteiger partial charge in [0.15, 0.2) is 6.61 Å². The number of hydrogen-bond acceptors (Lipinski definition) is 6. The molecule has 134 valence electrons. The van der Waals surface area contributed by atoms with Crippen molar-refractivity contribution in [2.45, 2.75) is 18.9 Å². The lowest BCUT2D eigenvalue weighted by atomic mass is 10.2. The molecule has 8 heteroatoms. The minimum Gasteiger partial charge on any atom is -0.491 e. The van der Waals surface area contributed by atoms with Crippen molar-refractivity contribution in [2.75, 3.05) is 32.9 Å². The first-order chi connectivity index (χ1) is 12.1. The number of nitrogens with one attached hydrogen (secondary N) is 1. The summed E-state index contributed by atoms with van der Waals surface area (Å²) in [7, 11) is 0. The van der Waals surface area contributed by atoms with Gasteiger partial charge in [-0.05, 0) is 37.1 Å². The molecule has 2 fully saturated rings. The van der Waals surface area contributed by atoms with E-state index in [1.807, 2.05) is 0 Å². The zero-order chi connectivity index (χ0) is 17.6. The third-order valence-corrected chi connectivity index (χ3v) is 4.03. The number of rotatable bonds is 6. The lowest BCUT2D eigenvalue weighted by Gasteiger charge is -2.13. The molecule has 8 nitrogen and oxygen atoms in total. The molecule has 0 unspecified atom stereocenters. The lowest BCUT2D eigenvalue weighted by molar-refractivity contribution is -0.130.